The molecule has 0 aliphatic carbocycles. The summed E-state index contributed by atoms with van der Waals surface area (Å²) in [4.78, 5) is 14.4. The van der Waals surface area contributed by atoms with E-state index in [0.717, 1.165) is 12.7 Å². The van der Waals surface area contributed by atoms with E-state index >= 15 is 0 Å². The zero-order valence-corrected chi connectivity index (χ0v) is 14.5. The van der Waals surface area contributed by atoms with Gasteiger partial charge in [-0.1, -0.05) is 0 Å². The molecule has 2 aliphatic heterocycles. The highest BCUT2D eigenvalue weighted by Crippen LogP contribution is 2.31. The average molecular weight is 354 g/mol. The minimum absolute atomic E-state index is 0.0662. The smallest absolute Gasteiger partial charge is 0.253 e. The number of amides is 1. The molecule has 8 heteroatoms. The van der Waals surface area contributed by atoms with Gasteiger partial charge in [0.2, 0.25) is 10.0 Å². The number of sulfonamides is 1. The Morgan fingerprint density at radius 1 is 1.17 bits per heavy atom. The van der Waals surface area contributed by atoms with E-state index in [9.17, 15) is 13.2 Å². The first-order chi connectivity index (χ1) is 11.4. The van der Waals surface area contributed by atoms with E-state index in [1.165, 1.54) is 0 Å². The topological polar surface area (TPSA) is 84.9 Å². The van der Waals surface area contributed by atoms with Gasteiger partial charge in [-0.15, -0.1) is 0 Å². The Hall–Kier alpha value is -1.80. The van der Waals surface area contributed by atoms with Gasteiger partial charge in [0.1, 0.15) is 0 Å². The lowest BCUT2D eigenvalue weighted by atomic mass is 10.0. The molecule has 7 nitrogen and oxygen atoms in total. The van der Waals surface area contributed by atoms with Crippen molar-refractivity contribution >= 4 is 15.9 Å². The van der Waals surface area contributed by atoms with Crippen molar-refractivity contribution in [3.63, 3.8) is 0 Å². The summed E-state index contributed by atoms with van der Waals surface area (Å²) >= 11 is 0. The maximum atomic E-state index is 12.7. The lowest BCUT2D eigenvalue weighted by molar-refractivity contribution is 0.0711. The van der Waals surface area contributed by atoms with Crippen LogP contribution >= 0.6 is 0 Å². The van der Waals surface area contributed by atoms with Crippen LogP contribution in [0.5, 0.6) is 11.5 Å². The zero-order chi connectivity index (χ0) is 17.2. The zero-order valence-electron chi connectivity index (χ0n) is 13.7. The molecule has 24 heavy (non-hydrogen) atoms. The van der Waals surface area contributed by atoms with Crippen molar-refractivity contribution < 1.29 is 22.7 Å². The Balaban J connectivity index is 1.64. The number of carbonyl (C=O) groups excluding carboxylic acids is 1. The fourth-order valence-corrected chi connectivity index (χ4v) is 3.82. The van der Waals surface area contributed by atoms with Crippen LogP contribution in [0.15, 0.2) is 18.2 Å². The van der Waals surface area contributed by atoms with Gasteiger partial charge in [0.15, 0.2) is 11.5 Å². The van der Waals surface area contributed by atoms with Gasteiger partial charge >= 0.3 is 0 Å². The number of likely N-dealkylation sites (tertiary alicyclic amines) is 1. The first-order valence-corrected chi connectivity index (χ1v) is 9.98. The van der Waals surface area contributed by atoms with Crippen LogP contribution in [0.4, 0.5) is 0 Å². The number of benzene rings is 1. The summed E-state index contributed by atoms with van der Waals surface area (Å²) in [6.07, 6.45) is 3.20. The minimum Gasteiger partial charge on any atom is -0.490 e. The fraction of sp³-hybridized carbons (Fsp3) is 0.562. The summed E-state index contributed by atoms with van der Waals surface area (Å²) in [6.45, 7) is 2.25. The number of carbonyl (C=O) groups is 1. The van der Waals surface area contributed by atoms with Crippen LogP contribution in [0.3, 0.4) is 0 Å². The SMILES string of the molecule is CS(=O)(=O)NC1CCN(C(=O)c2ccc3c(c2)OCCCO3)CC1. The molecule has 0 spiro atoms. The van der Waals surface area contributed by atoms with Crippen molar-refractivity contribution in [1.82, 2.24) is 9.62 Å². The van der Waals surface area contributed by atoms with E-state index in [1.54, 1.807) is 23.1 Å². The Morgan fingerprint density at radius 2 is 1.83 bits per heavy atom. The van der Waals surface area contributed by atoms with Gasteiger partial charge in [0.25, 0.3) is 5.91 Å². The average Bonchev–Trinajstić information content (AvgIpc) is 2.78. The normalized spacial score (nSPS) is 19.0. The third-order valence-electron chi connectivity index (χ3n) is 4.16. The second-order valence-corrected chi connectivity index (χ2v) is 7.95. The predicted molar refractivity (Wildman–Crippen MR) is 89.0 cm³/mol. The summed E-state index contributed by atoms with van der Waals surface area (Å²) in [5.74, 6) is 1.20. The van der Waals surface area contributed by atoms with Crippen molar-refractivity contribution in [2.75, 3.05) is 32.6 Å². The molecule has 0 aromatic heterocycles. The summed E-state index contributed by atoms with van der Waals surface area (Å²) in [6, 6.07) is 5.14. The number of piperidine rings is 1. The molecule has 1 aromatic carbocycles. The predicted octanol–water partition coefficient (Wildman–Crippen LogP) is 1.00. The van der Waals surface area contributed by atoms with Gasteiger partial charge in [-0.05, 0) is 31.0 Å². The molecule has 2 aliphatic rings. The largest absolute Gasteiger partial charge is 0.490 e. The highest BCUT2D eigenvalue weighted by atomic mass is 32.2. The summed E-state index contributed by atoms with van der Waals surface area (Å²) in [7, 11) is -3.21. The number of ether oxygens (including phenoxy) is 2. The van der Waals surface area contributed by atoms with Crippen LogP contribution in [0.2, 0.25) is 0 Å². The molecule has 0 radical (unpaired) electrons. The molecule has 1 aromatic rings. The van der Waals surface area contributed by atoms with E-state index < -0.39 is 10.0 Å². The molecule has 0 atom stereocenters. The van der Waals surface area contributed by atoms with Gasteiger partial charge in [-0.25, -0.2) is 13.1 Å². The first kappa shape index (κ1) is 17.0. The molecule has 1 fully saturated rings. The number of hydrogen-bond acceptors (Lipinski definition) is 5. The van der Waals surface area contributed by atoms with E-state index in [4.69, 9.17) is 9.47 Å². The van der Waals surface area contributed by atoms with Crippen molar-refractivity contribution in [2.24, 2.45) is 0 Å². The highest BCUT2D eigenvalue weighted by Gasteiger charge is 2.26. The molecule has 3 rings (SSSR count). The van der Waals surface area contributed by atoms with Gasteiger partial charge in [-0.2, -0.15) is 0 Å². The van der Waals surface area contributed by atoms with Crippen LogP contribution in [0.25, 0.3) is 0 Å². The number of nitrogens with one attached hydrogen (secondary N) is 1. The molecule has 1 N–H and O–H groups in total. The fourth-order valence-electron chi connectivity index (χ4n) is 2.98. The Morgan fingerprint density at radius 3 is 2.50 bits per heavy atom. The van der Waals surface area contributed by atoms with Crippen LogP contribution in [0.1, 0.15) is 29.6 Å². The maximum Gasteiger partial charge on any atom is 0.253 e. The Bertz CT molecular complexity index is 711. The van der Waals surface area contributed by atoms with Crippen LogP contribution < -0.4 is 14.2 Å². The van der Waals surface area contributed by atoms with E-state index in [0.29, 0.717) is 56.2 Å². The second kappa shape index (κ2) is 6.98. The quantitative estimate of drug-likeness (QED) is 0.875. The minimum atomic E-state index is -3.21. The highest BCUT2D eigenvalue weighted by molar-refractivity contribution is 7.88. The molecule has 0 bridgehead atoms. The van der Waals surface area contributed by atoms with E-state index in [2.05, 4.69) is 4.72 Å². The number of rotatable bonds is 3. The summed E-state index contributed by atoms with van der Waals surface area (Å²) < 4.78 is 36.4. The van der Waals surface area contributed by atoms with Crippen LogP contribution in [0, 0.1) is 0 Å². The lowest BCUT2D eigenvalue weighted by Gasteiger charge is -2.32. The monoisotopic (exact) mass is 354 g/mol. The third-order valence-corrected chi connectivity index (χ3v) is 4.92. The molecule has 0 unspecified atom stereocenters. The van der Waals surface area contributed by atoms with Gasteiger partial charge in [-0.3, -0.25) is 4.79 Å². The Labute approximate surface area is 142 Å². The summed E-state index contributed by atoms with van der Waals surface area (Å²) in [5.41, 5.74) is 0.564. The second-order valence-electron chi connectivity index (χ2n) is 6.17. The molecule has 132 valence electrons. The first-order valence-electron chi connectivity index (χ1n) is 8.08. The number of fused-ring (bicyclic) bond motifs is 1. The molecular weight excluding hydrogens is 332 g/mol. The number of hydrogen-bond donors (Lipinski definition) is 1. The third kappa shape index (κ3) is 4.18. The van der Waals surface area contributed by atoms with Gasteiger partial charge in [0, 0.05) is 31.1 Å². The maximum absolute atomic E-state index is 12.7. The Kier molecular flexibility index (Phi) is 4.96. The van der Waals surface area contributed by atoms with Crippen LogP contribution in [-0.2, 0) is 10.0 Å². The molecule has 1 amide bonds. The van der Waals surface area contributed by atoms with Crippen molar-refractivity contribution in [1.29, 1.82) is 0 Å². The molecule has 0 saturated carbocycles. The molecule has 2 heterocycles. The van der Waals surface area contributed by atoms with Gasteiger partial charge in [0.05, 0.1) is 19.5 Å². The van der Waals surface area contributed by atoms with E-state index in [-0.39, 0.29) is 11.9 Å². The van der Waals surface area contributed by atoms with Crippen molar-refractivity contribution in [2.45, 2.75) is 25.3 Å². The lowest BCUT2D eigenvalue weighted by Crippen LogP contribution is -2.46. The number of nitrogens with zero attached hydrogens (tertiary/aromatic N) is 1. The van der Waals surface area contributed by atoms with Crippen molar-refractivity contribution in [3.8, 4) is 11.5 Å². The van der Waals surface area contributed by atoms with Crippen LogP contribution in [-0.4, -0.2) is 57.8 Å². The van der Waals surface area contributed by atoms with Crippen molar-refractivity contribution in [3.05, 3.63) is 23.8 Å². The standard InChI is InChI=1S/C16H22N2O5S/c1-24(20,21)17-13-5-7-18(8-6-13)16(19)12-3-4-14-15(11-12)23-10-2-9-22-14/h3-4,11,13,17H,2,5-10H2,1H3. The molecule has 1 saturated heterocycles. The molecular formula is C16H22N2O5S. The van der Waals surface area contributed by atoms with Gasteiger partial charge < -0.3 is 14.4 Å². The van der Waals surface area contributed by atoms with E-state index in [1.807, 2.05) is 0 Å². The summed E-state index contributed by atoms with van der Waals surface area (Å²) in [5, 5.41) is 0.